The van der Waals surface area contributed by atoms with E-state index < -0.39 is 11.7 Å². The van der Waals surface area contributed by atoms with Gasteiger partial charge in [0.2, 0.25) is 0 Å². The Morgan fingerprint density at radius 3 is 2.86 bits per heavy atom. The zero-order valence-electron chi connectivity index (χ0n) is 11.3. The SMILES string of the molecule is Nc1ccc2c(c1)CCCN2C(=O)c1c(O)cccc1F. The number of phenolic OH excluding ortho intramolecular Hbond substituents is 1. The van der Waals surface area contributed by atoms with Crippen LogP contribution in [0.3, 0.4) is 0 Å². The summed E-state index contributed by atoms with van der Waals surface area (Å²) >= 11 is 0. The van der Waals surface area contributed by atoms with Gasteiger partial charge in [-0.1, -0.05) is 6.07 Å². The molecule has 1 aliphatic heterocycles. The molecule has 2 aromatic rings. The summed E-state index contributed by atoms with van der Waals surface area (Å²) in [7, 11) is 0. The molecule has 0 unspecified atom stereocenters. The zero-order chi connectivity index (χ0) is 15.0. The van der Waals surface area contributed by atoms with Gasteiger partial charge in [-0.2, -0.15) is 0 Å². The van der Waals surface area contributed by atoms with Crippen LogP contribution in [0, 0.1) is 5.82 Å². The predicted octanol–water partition coefficient (Wildman–Crippen LogP) is 2.71. The predicted molar refractivity (Wildman–Crippen MR) is 78.9 cm³/mol. The van der Waals surface area contributed by atoms with E-state index in [1.165, 1.54) is 23.1 Å². The van der Waals surface area contributed by atoms with Gasteiger partial charge in [-0.25, -0.2) is 4.39 Å². The zero-order valence-corrected chi connectivity index (χ0v) is 11.3. The first-order valence-electron chi connectivity index (χ1n) is 6.75. The van der Waals surface area contributed by atoms with Crippen LogP contribution in [0.2, 0.25) is 0 Å². The minimum absolute atomic E-state index is 0.290. The molecule has 3 rings (SSSR count). The lowest BCUT2D eigenvalue weighted by Crippen LogP contribution is -2.36. The fourth-order valence-corrected chi connectivity index (χ4v) is 2.69. The number of amides is 1. The van der Waals surface area contributed by atoms with E-state index >= 15 is 0 Å². The second-order valence-corrected chi connectivity index (χ2v) is 5.08. The maximum Gasteiger partial charge on any atom is 0.265 e. The van der Waals surface area contributed by atoms with E-state index in [0.29, 0.717) is 12.2 Å². The van der Waals surface area contributed by atoms with Gasteiger partial charge in [-0.05, 0) is 48.7 Å². The van der Waals surface area contributed by atoms with Crippen molar-refractivity contribution >= 4 is 17.3 Å². The lowest BCUT2D eigenvalue weighted by Gasteiger charge is -2.30. The number of hydrogen-bond donors (Lipinski definition) is 2. The Bertz CT molecular complexity index is 695. The molecule has 1 aliphatic rings. The summed E-state index contributed by atoms with van der Waals surface area (Å²) in [6.07, 6.45) is 1.60. The average Bonchev–Trinajstić information content (AvgIpc) is 2.46. The number of aromatic hydroxyl groups is 1. The van der Waals surface area contributed by atoms with Crippen LogP contribution >= 0.6 is 0 Å². The molecule has 0 aliphatic carbocycles. The average molecular weight is 286 g/mol. The molecule has 0 spiro atoms. The normalized spacial score (nSPS) is 13.9. The Labute approximate surface area is 121 Å². The second kappa shape index (κ2) is 5.09. The van der Waals surface area contributed by atoms with Crippen LogP contribution in [-0.2, 0) is 6.42 Å². The summed E-state index contributed by atoms with van der Waals surface area (Å²) in [5, 5.41) is 9.78. The van der Waals surface area contributed by atoms with E-state index in [2.05, 4.69) is 0 Å². The quantitative estimate of drug-likeness (QED) is 0.792. The van der Waals surface area contributed by atoms with Crippen LogP contribution < -0.4 is 10.6 Å². The summed E-state index contributed by atoms with van der Waals surface area (Å²) in [5.74, 6) is -1.60. The number of nitrogens with zero attached hydrogens (tertiary/aromatic N) is 1. The Morgan fingerprint density at radius 1 is 1.29 bits per heavy atom. The number of halogens is 1. The molecule has 0 atom stereocenters. The van der Waals surface area contributed by atoms with Crippen molar-refractivity contribution in [2.24, 2.45) is 0 Å². The highest BCUT2D eigenvalue weighted by Crippen LogP contribution is 2.32. The molecule has 0 saturated heterocycles. The topological polar surface area (TPSA) is 66.6 Å². The van der Waals surface area contributed by atoms with Crippen molar-refractivity contribution in [2.75, 3.05) is 17.2 Å². The molecule has 5 heteroatoms. The van der Waals surface area contributed by atoms with Crippen LogP contribution in [0.15, 0.2) is 36.4 Å². The number of carbonyl (C=O) groups is 1. The summed E-state index contributed by atoms with van der Waals surface area (Å²) < 4.78 is 13.9. The second-order valence-electron chi connectivity index (χ2n) is 5.08. The van der Waals surface area contributed by atoms with Crippen LogP contribution in [-0.4, -0.2) is 17.6 Å². The van der Waals surface area contributed by atoms with E-state index in [-0.39, 0.29) is 11.3 Å². The molecular weight excluding hydrogens is 271 g/mol. The van der Waals surface area contributed by atoms with Crippen molar-refractivity contribution in [3.05, 3.63) is 53.3 Å². The van der Waals surface area contributed by atoms with E-state index in [0.717, 1.165) is 24.1 Å². The van der Waals surface area contributed by atoms with E-state index in [4.69, 9.17) is 5.73 Å². The molecule has 1 amide bonds. The standard InChI is InChI=1S/C16H15FN2O2/c17-12-4-1-5-14(20)15(12)16(21)19-8-2-3-10-9-11(18)6-7-13(10)19/h1,4-7,9,20H,2-3,8,18H2. The molecule has 0 fully saturated rings. The van der Waals surface area contributed by atoms with Gasteiger partial charge < -0.3 is 15.7 Å². The Kier molecular flexibility index (Phi) is 3.25. The third-order valence-corrected chi connectivity index (χ3v) is 3.67. The molecule has 3 N–H and O–H groups in total. The lowest BCUT2D eigenvalue weighted by atomic mass is 10.00. The number of phenols is 1. The van der Waals surface area contributed by atoms with Gasteiger partial charge in [0.25, 0.3) is 5.91 Å². The van der Waals surface area contributed by atoms with Gasteiger partial charge in [0.15, 0.2) is 0 Å². The fraction of sp³-hybridized carbons (Fsp3) is 0.188. The molecule has 0 aromatic heterocycles. The highest BCUT2D eigenvalue weighted by atomic mass is 19.1. The lowest BCUT2D eigenvalue weighted by molar-refractivity contribution is 0.0978. The molecule has 21 heavy (non-hydrogen) atoms. The van der Waals surface area contributed by atoms with E-state index in [1.54, 1.807) is 12.1 Å². The van der Waals surface area contributed by atoms with Crippen LogP contribution in [0.4, 0.5) is 15.8 Å². The summed E-state index contributed by atoms with van der Waals surface area (Å²) in [4.78, 5) is 14.1. The van der Waals surface area contributed by atoms with Gasteiger partial charge in [-0.15, -0.1) is 0 Å². The summed E-state index contributed by atoms with van der Waals surface area (Å²) in [5.41, 5.74) is 7.79. The maximum atomic E-state index is 13.9. The van der Waals surface area contributed by atoms with Crippen LogP contribution in [0.5, 0.6) is 5.75 Å². The Balaban J connectivity index is 2.05. The van der Waals surface area contributed by atoms with E-state index in [9.17, 15) is 14.3 Å². The fourth-order valence-electron chi connectivity index (χ4n) is 2.69. The number of nitrogens with two attached hydrogens (primary N) is 1. The van der Waals surface area contributed by atoms with Crippen LogP contribution in [0.25, 0.3) is 0 Å². The highest BCUT2D eigenvalue weighted by Gasteiger charge is 2.27. The molecule has 4 nitrogen and oxygen atoms in total. The third kappa shape index (κ3) is 2.31. The first-order valence-corrected chi connectivity index (χ1v) is 6.75. The number of nitrogen functional groups attached to an aromatic ring is 1. The Morgan fingerprint density at radius 2 is 2.10 bits per heavy atom. The monoisotopic (exact) mass is 286 g/mol. The highest BCUT2D eigenvalue weighted by molar-refractivity contribution is 6.08. The number of benzene rings is 2. The summed E-state index contributed by atoms with van der Waals surface area (Å²) in [6, 6.07) is 9.15. The minimum Gasteiger partial charge on any atom is -0.507 e. The van der Waals surface area contributed by atoms with Crippen molar-refractivity contribution in [3.8, 4) is 5.75 Å². The van der Waals surface area contributed by atoms with Crippen molar-refractivity contribution in [3.63, 3.8) is 0 Å². The summed E-state index contributed by atoms with van der Waals surface area (Å²) in [6.45, 7) is 0.490. The molecule has 2 aromatic carbocycles. The number of carbonyl (C=O) groups excluding carboxylic acids is 1. The van der Waals surface area contributed by atoms with Gasteiger partial charge in [0, 0.05) is 17.9 Å². The van der Waals surface area contributed by atoms with Crippen molar-refractivity contribution in [1.29, 1.82) is 0 Å². The van der Waals surface area contributed by atoms with Crippen molar-refractivity contribution in [1.82, 2.24) is 0 Å². The maximum absolute atomic E-state index is 13.9. The van der Waals surface area contributed by atoms with E-state index in [1.807, 2.05) is 6.07 Å². The first kappa shape index (κ1) is 13.4. The number of fused-ring (bicyclic) bond motifs is 1. The van der Waals surface area contributed by atoms with Gasteiger partial charge in [0.1, 0.15) is 17.1 Å². The van der Waals surface area contributed by atoms with Gasteiger partial charge in [0.05, 0.1) is 0 Å². The molecule has 108 valence electrons. The van der Waals surface area contributed by atoms with Crippen molar-refractivity contribution < 1.29 is 14.3 Å². The van der Waals surface area contributed by atoms with Gasteiger partial charge in [-0.3, -0.25) is 4.79 Å². The first-order chi connectivity index (χ1) is 10.1. The number of hydrogen-bond acceptors (Lipinski definition) is 3. The number of anilines is 2. The van der Waals surface area contributed by atoms with Gasteiger partial charge >= 0.3 is 0 Å². The largest absolute Gasteiger partial charge is 0.507 e. The van der Waals surface area contributed by atoms with Crippen molar-refractivity contribution in [2.45, 2.75) is 12.8 Å². The molecular formula is C16H15FN2O2. The molecule has 0 radical (unpaired) electrons. The third-order valence-electron chi connectivity index (χ3n) is 3.67. The Hall–Kier alpha value is -2.56. The number of aryl methyl sites for hydroxylation is 1. The van der Waals surface area contributed by atoms with Crippen LogP contribution in [0.1, 0.15) is 22.3 Å². The minimum atomic E-state index is -0.720. The molecule has 0 saturated carbocycles. The molecule has 0 bridgehead atoms. The smallest absolute Gasteiger partial charge is 0.265 e. The molecule has 1 heterocycles. The number of rotatable bonds is 1.